The molecule has 24 heavy (non-hydrogen) atoms. The van der Waals surface area contributed by atoms with Gasteiger partial charge in [-0.1, -0.05) is 24.6 Å². The van der Waals surface area contributed by atoms with E-state index in [0.29, 0.717) is 5.16 Å². The average molecular weight is 367 g/mol. The van der Waals surface area contributed by atoms with Gasteiger partial charge in [0.15, 0.2) is 5.16 Å². The van der Waals surface area contributed by atoms with Crippen molar-refractivity contribution in [3.63, 3.8) is 0 Å². The molecule has 1 aliphatic carbocycles. The molecule has 3 rings (SSSR count). The number of fused-ring (bicyclic) bond motifs is 1. The topological polar surface area (TPSA) is 61.2 Å². The van der Waals surface area contributed by atoms with Gasteiger partial charge >= 0.3 is 5.97 Å². The molecule has 0 N–H and O–H groups in total. The van der Waals surface area contributed by atoms with Crippen LogP contribution in [0.3, 0.4) is 0 Å². The molecule has 1 fully saturated rings. The van der Waals surface area contributed by atoms with Gasteiger partial charge in [0.05, 0.1) is 12.5 Å². The number of nitrogens with zero attached hydrogens (tertiary/aromatic N) is 2. The lowest BCUT2D eigenvalue weighted by Gasteiger charge is -2.19. The van der Waals surface area contributed by atoms with Crippen molar-refractivity contribution in [2.45, 2.75) is 62.9 Å². The molecule has 1 unspecified atom stereocenters. The zero-order valence-electron chi connectivity index (χ0n) is 14.4. The molecule has 1 aliphatic rings. The zero-order chi connectivity index (χ0) is 17.4. The molecule has 5 nitrogen and oxygen atoms in total. The summed E-state index contributed by atoms with van der Waals surface area (Å²) in [5.74, 6) is -0.300. The molecule has 7 heteroatoms. The van der Waals surface area contributed by atoms with Gasteiger partial charge in [-0.05, 0) is 39.2 Å². The first-order chi connectivity index (χ1) is 11.4. The minimum Gasteiger partial charge on any atom is -0.468 e. The van der Waals surface area contributed by atoms with Crippen LogP contribution in [0.15, 0.2) is 9.95 Å². The van der Waals surface area contributed by atoms with Gasteiger partial charge in [0.2, 0.25) is 0 Å². The number of ether oxygens (including phenoxy) is 1. The van der Waals surface area contributed by atoms with Crippen molar-refractivity contribution in [2.24, 2.45) is 0 Å². The standard InChI is InChI=1S/C17H22N2O3S2/c1-9-10(2)23-14-13(9)15(20)19(12-7-5-6-8-12)17(18-14)24-11(3)16(21)22-4/h11-12H,5-8H2,1-4H3. The molecular weight excluding hydrogens is 344 g/mol. The third kappa shape index (κ3) is 2.99. The van der Waals surface area contributed by atoms with Crippen LogP contribution in [0.25, 0.3) is 10.2 Å². The van der Waals surface area contributed by atoms with E-state index in [-0.39, 0.29) is 17.6 Å². The average Bonchev–Trinajstić information content (AvgIpc) is 3.16. The number of rotatable bonds is 4. The summed E-state index contributed by atoms with van der Waals surface area (Å²) in [6.45, 7) is 5.79. The molecule has 0 spiro atoms. The van der Waals surface area contributed by atoms with Crippen LogP contribution in [0.4, 0.5) is 0 Å². The number of methoxy groups -OCH3 is 1. The second-order valence-electron chi connectivity index (χ2n) is 6.25. The number of aryl methyl sites for hydroxylation is 2. The Morgan fingerprint density at radius 3 is 2.67 bits per heavy atom. The number of carbonyl (C=O) groups is 1. The molecule has 0 amide bonds. The summed E-state index contributed by atoms with van der Waals surface area (Å²) >= 11 is 2.86. The van der Waals surface area contributed by atoms with E-state index in [1.54, 1.807) is 18.3 Å². The number of thiophene rings is 1. The Morgan fingerprint density at radius 2 is 2.04 bits per heavy atom. The Bertz CT molecular complexity index is 834. The monoisotopic (exact) mass is 366 g/mol. The van der Waals surface area contributed by atoms with Gasteiger partial charge in [-0.15, -0.1) is 11.3 Å². The largest absolute Gasteiger partial charge is 0.468 e. The van der Waals surface area contributed by atoms with E-state index >= 15 is 0 Å². The van der Waals surface area contributed by atoms with Gasteiger partial charge in [-0.3, -0.25) is 14.2 Å². The van der Waals surface area contributed by atoms with Crippen LogP contribution < -0.4 is 5.56 Å². The highest BCUT2D eigenvalue weighted by atomic mass is 32.2. The third-order valence-electron chi connectivity index (χ3n) is 4.71. The Balaban J connectivity index is 2.16. The summed E-state index contributed by atoms with van der Waals surface area (Å²) in [7, 11) is 1.38. The predicted molar refractivity (Wildman–Crippen MR) is 98.2 cm³/mol. The smallest absolute Gasteiger partial charge is 0.318 e. The summed E-state index contributed by atoms with van der Waals surface area (Å²) in [4.78, 5) is 31.6. The number of hydrogen-bond donors (Lipinski definition) is 0. The fourth-order valence-electron chi connectivity index (χ4n) is 3.23. The van der Waals surface area contributed by atoms with Crippen LogP contribution in [0.1, 0.15) is 49.1 Å². The van der Waals surface area contributed by atoms with Gasteiger partial charge in [-0.2, -0.15) is 0 Å². The van der Waals surface area contributed by atoms with E-state index in [9.17, 15) is 9.59 Å². The highest BCUT2D eigenvalue weighted by Crippen LogP contribution is 2.35. The molecule has 0 bridgehead atoms. The van der Waals surface area contributed by atoms with Gasteiger partial charge in [0.25, 0.3) is 5.56 Å². The molecule has 130 valence electrons. The Kier molecular flexibility index (Phi) is 5.01. The number of esters is 1. The Hall–Kier alpha value is -1.34. The van der Waals surface area contributed by atoms with Crippen LogP contribution in [0.2, 0.25) is 0 Å². The zero-order valence-corrected chi connectivity index (χ0v) is 16.1. The van der Waals surface area contributed by atoms with Crippen molar-refractivity contribution in [3.05, 3.63) is 20.8 Å². The molecule has 2 aromatic heterocycles. The number of carbonyl (C=O) groups excluding carboxylic acids is 1. The van der Waals surface area contributed by atoms with Gasteiger partial charge in [-0.25, -0.2) is 4.98 Å². The molecule has 1 atom stereocenters. The van der Waals surface area contributed by atoms with Crippen LogP contribution in [0, 0.1) is 13.8 Å². The van der Waals surface area contributed by atoms with Crippen LogP contribution >= 0.6 is 23.1 Å². The first kappa shape index (κ1) is 17.5. The molecule has 1 saturated carbocycles. The second-order valence-corrected chi connectivity index (χ2v) is 8.77. The summed E-state index contributed by atoms with van der Waals surface area (Å²) in [6, 6.07) is 0.182. The minimum atomic E-state index is -0.394. The minimum absolute atomic E-state index is 0.0355. The maximum absolute atomic E-state index is 13.2. The van der Waals surface area contributed by atoms with Gasteiger partial charge < -0.3 is 4.74 Å². The number of thioether (sulfide) groups is 1. The lowest BCUT2D eigenvalue weighted by Crippen LogP contribution is -2.27. The molecule has 2 aromatic rings. The van der Waals surface area contributed by atoms with Crippen LogP contribution in [-0.4, -0.2) is 27.9 Å². The molecule has 0 aromatic carbocycles. The Morgan fingerprint density at radius 1 is 1.38 bits per heavy atom. The van der Waals surface area contributed by atoms with E-state index in [4.69, 9.17) is 9.72 Å². The number of hydrogen-bond acceptors (Lipinski definition) is 6. The maximum Gasteiger partial charge on any atom is 0.318 e. The Labute approximate surface area is 149 Å². The van der Waals surface area contributed by atoms with E-state index < -0.39 is 5.25 Å². The van der Waals surface area contributed by atoms with E-state index in [1.165, 1.54) is 18.9 Å². The lowest BCUT2D eigenvalue weighted by atomic mass is 10.2. The summed E-state index contributed by atoms with van der Waals surface area (Å²) in [5.41, 5.74) is 1.06. The molecule has 0 saturated heterocycles. The molecule has 0 radical (unpaired) electrons. The molecular formula is C17H22N2O3S2. The highest BCUT2D eigenvalue weighted by molar-refractivity contribution is 8.00. The number of aromatic nitrogens is 2. The van der Waals surface area contributed by atoms with Crippen LogP contribution in [0.5, 0.6) is 0 Å². The quantitative estimate of drug-likeness (QED) is 0.467. The fourth-order valence-corrected chi connectivity index (χ4v) is 5.30. The summed E-state index contributed by atoms with van der Waals surface area (Å²) in [5, 5.41) is 0.979. The van der Waals surface area contributed by atoms with Gasteiger partial charge in [0, 0.05) is 10.9 Å². The fraction of sp³-hybridized carbons (Fsp3) is 0.588. The lowest BCUT2D eigenvalue weighted by molar-refractivity contribution is -0.139. The van der Waals surface area contributed by atoms with E-state index in [1.807, 2.05) is 18.4 Å². The van der Waals surface area contributed by atoms with E-state index in [0.717, 1.165) is 46.3 Å². The van der Waals surface area contributed by atoms with Crippen molar-refractivity contribution in [1.82, 2.24) is 9.55 Å². The predicted octanol–water partition coefficient (Wildman–Crippen LogP) is 3.84. The van der Waals surface area contributed by atoms with Crippen molar-refractivity contribution < 1.29 is 9.53 Å². The summed E-state index contributed by atoms with van der Waals surface area (Å²) < 4.78 is 6.65. The van der Waals surface area contributed by atoms with Crippen molar-refractivity contribution in [2.75, 3.05) is 7.11 Å². The second kappa shape index (κ2) is 6.88. The normalized spacial score (nSPS) is 16.7. The first-order valence-corrected chi connectivity index (χ1v) is 9.90. The van der Waals surface area contributed by atoms with Crippen molar-refractivity contribution in [1.29, 1.82) is 0 Å². The first-order valence-electron chi connectivity index (χ1n) is 8.20. The van der Waals surface area contributed by atoms with E-state index in [2.05, 4.69) is 0 Å². The highest BCUT2D eigenvalue weighted by Gasteiger charge is 2.27. The molecule has 2 heterocycles. The third-order valence-corrected chi connectivity index (χ3v) is 6.85. The van der Waals surface area contributed by atoms with Gasteiger partial charge in [0.1, 0.15) is 10.1 Å². The summed E-state index contributed by atoms with van der Waals surface area (Å²) in [6.07, 6.45) is 4.26. The van der Waals surface area contributed by atoms with Crippen molar-refractivity contribution in [3.8, 4) is 0 Å². The molecule has 0 aliphatic heterocycles. The SMILES string of the molecule is COC(=O)C(C)Sc1nc2sc(C)c(C)c2c(=O)n1C1CCCC1. The van der Waals surface area contributed by atoms with Crippen LogP contribution in [-0.2, 0) is 9.53 Å². The maximum atomic E-state index is 13.2. The van der Waals surface area contributed by atoms with Crippen molar-refractivity contribution >= 4 is 39.3 Å².